The van der Waals surface area contributed by atoms with E-state index in [-0.39, 0.29) is 24.2 Å². The number of hydrogen-bond donors (Lipinski definition) is 1. The van der Waals surface area contributed by atoms with Crippen LogP contribution in [0.4, 0.5) is 4.39 Å². The third kappa shape index (κ3) is 3.22. The summed E-state index contributed by atoms with van der Waals surface area (Å²) < 4.78 is 24.0. The van der Waals surface area contributed by atoms with E-state index in [1.165, 1.54) is 42.5 Å². The average Bonchev–Trinajstić information content (AvgIpc) is 3.11. The fourth-order valence-corrected chi connectivity index (χ4v) is 3.18. The Morgan fingerprint density at radius 3 is 2.67 bits per heavy atom. The number of carbonyl (C=O) groups excluding carboxylic acids is 1. The van der Waals surface area contributed by atoms with E-state index in [9.17, 15) is 14.3 Å². The summed E-state index contributed by atoms with van der Waals surface area (Å²) in [6, 6.07) is 7.48. The number of thiophene rings is 1. The van der Waals surface area contributed by atoms with Crippen molar-refractivity contribution in [1.82, 2.24) is 4.98 Å². The standard InChI is InChI=1S/C17H14FNO4S/c1-9-7-13(24-14(9)8-20)15-17(22-10(2)21)19-16(23-15)11-3-5-12(18)6-4-11/h3-7,20H,8H2,1-2H3. The number of oxazole rings is 1. The van der Waals surface area contributed by atoms with E-state index in [1.807, 2.05) is 13.0 Å². The van der Waals surface area contributed by atoms with Gasteiger partial charge in [0, 0.05) is 17.4 Å². The Balaban J connectivity index is 2.09. The van der Waals surface area contributed by atoms with Crippen molar-refractivity contribution in [3.63, 3.8) is 0 Å². The first-order valence-corrected chi connectivity index (χ1v) is 7.95. The predicted molar refractivity (Wildman–Crippen MR) is 87.2 cm³/mol. The molecule has 2 aromatic heterocycles. The van der Waals surface area contributed by atoms with Crippen molar-refractivity contribution in [2.45, 2.75) is 20.5 Å². The Labute approximate surface area is 141 Å². The second-order valence-corrected chi connectivity index (χ2v) is 6.27. The average molecular weight is 347 g/mol. The molecule has 1 aromatic carbocycles. The molecule has 0 aliphatic carbocycles. The lowest BCUT2D eigenvalue weighted by Gasteiger charge is -1.97. The van der Waals surface area contributed by atoms with Crippen LogP contribution in [0.15, 0.2) is 34.7 Å². The van der Waals surface area contributed by atoms with Crippen molar-refractivity contribution in [1.29, 1.82) is 0 Å². The number of aryl methyl sites for hydroxylation is 1. The first kappa shape index (κ1) is 16.4. The molecule has 5 nitrogen and oxygen atoms in total. The quantitative estimate of drug-likeness (QED) is 0.724. The number of benzene rings is 1. The van der Waals surface area contributed by atoms with Crippen LogP contribution in [0.2, 0.25) is 0 Å². The molecule has 0 aliphatic heterocycles. The number of aromatic nitrogens is 1. The molecule has 124 valence electrons. The van der Waals surface area contributed by atoms with Crippen molar-refractivity contribution >= 4 is 17.3 Å². The Bertz CT molecular complexity index is 883. The molecule has 0 aliphatic rings. The lowest BCUT2D eigenvalue weighted by atomic mass is 10.2. The number of carbonyl (C=O) groups is 1. The Kier molecular flexibility index (Phi) is 4.46. The van der Waals surface area contributed by atoms with Crippen LogP contribution < -0.4 is 4.74 Å². The van der Waals surface area contributed by atoms with Crippen molar-refractivity contribution in [2.24, 2.45) is 0 Å². The third-order valence-electron chi connectivity index (χ3n) is 3.32. The molecule has 3 rings (SSSR count). The fraction of sp³-hybridized carbons (Fsp3) is 0.176. The minimum absolute atomic E-state index is 0.0487. The van der Waals surface area contributed by atoms with Crippen LogP contribution in [0.25, 0.3) is 22.1 Å². The molecule has 0 radical (unpaired) electrons. The highest BCUT2D eigenvalue weighted by Gasteiger charge is 2.21. The van der Waals surface area contributed by atoms with Crippen LogP contribution in [0.5, 0.6) is 5.88 Å². The highest BCUT2D eigenvalue weighted by Crippen LogP contribution is 2.39. The molecule has 0 saturated heterocycles. The van der Waals surface area contributed by atoms with E-state index in [0.717, 1.165) is 10.4 Å². The van der Waals surface area contributed by atoms with Gasteiger partial charge in [0.1, 0.15) is 5.82 Å². The number of rotatable bonds is 4. The predicted octanol–water partition coefficient (Wildman–Crippen LogP) is 3.94. The smallest absolute Gasteiger partial charge is 0.309 e. The lowest BCUT2D eigenvalue weighted by Crippen LogP contribution is -2.02. The summed E-state index contributed by atoms with van der Waals surface area (Å²) in [5.74, 6) is -0.319. The van der Waals surface area contributed by atoms with Crippen LogP contribution in [-0.4, -0.2) is 16.1 Å². The summed E-state index contributed by atoms with van der Waals surface area (Å²) in [7, 11) is 0. The maximum atomic E-state index is 13.1. The summed E-state index contributed by atoms with van der Waals surface area (Å²) >= 11 is 1.33. The van der Waals surface area contributed by atoms with Crippen LogP contribution in [0, 0.1) is 12.7 Å². The number of aliphatic hydroxyl groups is 1. The largest absolute Gasteiger partial charge is 0.431 e. The zero-order valence-corrected chi connectivity index (χ0v) is 13.8. The maximum Gasteiger partial charge on any atom is 0.309 e. The molecule has 0 atom stereocenters. The van der Waals surface area contributed by atoms with Gasteiger partial charge in [-0.05, 0) is 42.8 Å². The molecule has 2 heterocycles. The molecule has 24 heavy (non-hydrogen) atoms. The van der Waals surface area contributed by atoms with Crippen molar-refractivity contribution in [3.05, 3.63) is 46.6 Å². The molecule has 1 N–H and O–H groups in total. The maximum absolute atomic E-state index is 13.1. The summed E-state index contributed by atoms with van der Waals surface area (Å²) in [6.45, 7) is 3.06. The first-order chi connectivity index (χ1) is 11.5. The van der Waals surface area contributed by atoms with Gasteiger partial charge in [0.25, 0.3) is 5.88 Å². The molecular formula is C17H14FNO4S. The van der Waals surface area contributed by atoms with Gasteiger partial charge in [0.15, 0.2) is 0 Å². The molecule has 0 unspecified atom stereocenters. The minimum Gasteiger partial charge on any atom is -0.431 e. The van der Waals surface area contributed by atoms with Gasteiger partial charge in [0.2, 0.25) is 11.7 Å². The van der Waals surface area contributed by atoms with Crippen LogP contribution in [0.3, 0.4) is 0 Å². The Morgan fingerprint density at radius 1 is 1.38 bits per heavy atom. The number of halogens is 1. The van der Waals surface area contributed by atoms with Crippen LogP contribution in [0.1, 0.15) is 17.4 Å². The normalized spacial score (nSPS) is 10.8. The lowest BCUT2D eigenvalue weighted by molar-refractivity contribution is -0.132. The number of nitrogens with zero attached hydrogens (tertiary/aromatic N) is 1. The van der Waals surface area contributed by atoms with Crippen molar-refractivity contribution < 1.29 is 23.4 Å². The van der Waals surface area contributed by atoms with Crippen molar-refractivity contribution in [3.8, 4) is 28.0 Å². The topological polar surface area (TPSA) is 72.6 Å². The van der Waals surface area contributed by atoms with E-state index >= 15 is 0 Å². The van der Waals surface area contributed by atoms with Gasteiger partial charge in [-0.15, -0.1) is 11.3 Å². The highest BCUT2D eigenvalue weighted by atomic mass is 32.1. The number of hydrogen-bond acceptors (Lipinski definition) is 6. The molecule has 0 fully saturated rings. The van der Waals surface area contributed by atoms with Gasteiger partial charge >= 0.3 is 5.97 Å². The van der Waals surface area contributed by atoms with E-state index in [2.05, 4.69) is 4.98 Å². The van der Waals surface area contributed by atoms with E-state index in [4.69, 9.17) is 9.15 Å². The second kappa shape index (κ2) is 6.54. The first-order valence-electron chi connectivity index (χ1n) is 7.13. The molecular weight excluding hydrogens is 333 g/mol. The monoisotopic (exact) mass is 347 g/mol. The van der Waals surface area contributed by atoms with E-state index < -0.39 is 5.97 Å². The van der Waals surface area contributed by atoms with Crippen LogP contribution in [-0.2, 0) is 11.4 Å². The van der Waals surface area contributed by atoms with Gasteiger partial charge in [-0.3, -0.25) is 4.79 Å². The molecule has 0 bridgehead atoms. The molecule has 0 spiro atoms. The van der Waals surface area contributed by atoms with Crippen molar-refractivity contribution in [2.75, 3.05) is 0 Å². The van der Waals surface area contributed by atoms with Gasteiger partial charge < -0.3 is 14.3 Å². The molecule has 0 saturated carbocycles. The minimum atomic E-state index is -0.522. The zero-order valence-electron chi connectivity index (χ0n) is 13.0. The number of ether oxygens (including phenoxy) is 1. The zero-order chi connectivity index (χ0) is 17.3. The molecule has 7 heteroatoms. The Morgan fingerprint density at radius 2 is 2.08 bits per heavy atom. The van der Waals surface area contributed by atoms with Gasteiger partial charge in [-0.25, -0.2) is 4.39 Å². The Hall–Kier alpha value is -2.51. The van der Waals surface area contributed by atoms with Crippen LogP contribution >= 0.6 is 11.3 Å². The second-order valence-electron chi connectivity index (χ2n) is 5.13. The summed E-state index contributed by atoms with van der Waals surface area (Å²) in [6.07, 6.45) is 0. The summed E-state index contributed by atoms with van der Waals surface area (Å²) in [5, 5.41) is 9.35. The highest BCUT2D eigenvalue weighted by molar-refractivity contribution is 7.15. The number of aliphatic hydroxyl groups excluding tert-OH is 1. The van der Waals surface area contributed by atoms with E-state index in [1.54, 1.807) is 0 Å². The van der Waals surface area contributed by atoms with E-state index in [0.29, 0.717) is 16.2 Å². The fourth-order valence-electron chi connectivity index (χ4n) is 2.17. The summed E-state index contributed by atoms with van der Waals surface area (Å²) in [5.41, 5.74) is 1.47. The number of esters is 1. The third-order valence-corrected chi connectivity index (χ3v) is 4.54. The molecule has 3 aromatic rings. The SMILES string of the molecule is CC(=O)Oc1nc(-c2ccc(F)cc2)oc1-c1cc(C)c(CO)s1. The molecule has 0 amide bonds. The van der Waals surface area contributed by atoms with Gasteiger partial charge in [-0.1, -0.05) is 0 Å². The van der Waals surface area contributed by atoms with Gasteiger partial charge in [0.05, 0.1) is 11.5 Å². The summed E-state index contributed by atoms with van der Waals surface area (Å²) in [4.78, 5) is 17.0. The van der Waals surface area contributed by atoms with Gasteiger partial charge in [-0.2, -0.15) is 4.98 Å².